The highest BCUT2D eigenvalue weighted by Gasteiger charge is 2.18. The molecule has 0 saturated carbocycles. The highest BCUT2D eigenvalue weighted by molar-refractivity contribution is 5.70. The van der Waals surface area contributed by atoms with Crippen LogP contribution in [-0.2, 0) is 6.42 Å². The molecule has 1 atom stereocenters. The van der Waals surface area contributed by atoms with Crippen molar-refractivity contribution in [1.29, 1.82) is 0 Å². The zero-order valence-corrected chi connectivity index (χ0v) is 7.80. The Balaban J connectivity index is 2.58. The molecule has 1 aromatic rings. The van der Waals surface area contributed by atoms with Crippen LogP contribution in [0.4, 0.5) is 11.4 Å². The average Bonchev–Trinajstić information content (AvgIpc) is 2.12. The molecule has 1 heterocycles. The molecular formula is C10H15N3. The first-order valence-electron chi connectivity index (χ1n) is 4.60. The van der Waals surface area contributed by atoms with E-state index in [1.54, 1.807) is 0 Å². The normalized spacial score (nSPS) is 21.2. The Labute approximate surface area is 78.1 Å². The molecule has 1 unspecified atom stereocenters. The molecule has 13 heavy (non-hydrogen) atoms. The van der Waals surface area contributed by atoms with Gasteiger partial charge in [0.15, 0.2) is 0 Å². The van der Waals surface area contributed by atoms with Gasteiger partial charge in [-0.25, -0.2) is 0 Å². The summed E-state index contributed by atoms with van der Waals surface area (Å²) in [7, 11) is 0. The van der Waals surface area contributed by atoms with Crippen LogP contribution in [0.15, 0.2) is 12.1 Å². The van der Waals surface area contributed by atoms with E-state index in [-0.39, 0.29) is 0 Å². The molecule has 1 aliphatic heterocycles. The zero-order chi connectivity index (χ0) is 9.42. The lowest BCUT2D eigenvalue weighted by molar-refractivity contribution is 0.543. The lowest BCUT2D eigenvalue weighted by Gasteiger charge is -2.26. The van der Waals surface area contributed by atoms with Crippen LogP contribution >= 0.6 is 0 Å². The van der Waals surface area contributed by atoms with E-state index in [1.165, 1.54) is 11.1 Å². The largest absolute Gasteiger partial charge is 0.397 e. The fraction of sp³-hybridized carbons (Fsp3) is 0.400. The predicted octanol–water partition coefficient (Wildman–Crippen LogP) is 1.06. The van der Waals surface area contributed by atoms with Crippen molar-refractivity contribution in [3.63, 3.8) is 0 Å². The Morgan fingerprint density at radius 1 is 1.38 bits per heavy atom. The fourth-order valence-electron chi connectivity index (χ4n) is 1.95. The molecule has 1 aliphatic rings. The van der Waals surface area contributed by atoms with Crippen LogP contribution in [0.5, 0.6) is 0 Å². The Morgan fingerprint density at radius 3 is 2.92 bits per heavy atom. The Kier molecular flexibility index (Phi) is 1.88. The second-order valence-electron chi connectivity index (χ2n) is 3.57. The van der Waals surface area contributed by atoms with Gasteiger partial charge in [0.2, 0.25) is 0 Å². The van der Waals surface area contributed by atoms with E-state index in [1.807, 2.05) is 6.07 Å². The minimum atomic E-state index is 0.326. The molecule has 0 radical (unpaired) electrons. The minimum absolute atomic E-state index is 0.326. The van der Waals surface area contributed by atoms with Crippen molar-refractivity contribution in [3.05, 3.63) is 23.3 Å². The van der Waals surface area contributed by atoms with Gasteiger partial charge < -0.3 is 16.8 Å². The lowest BCUT2D eigenvalue weighted by atomic mass is 9.93. The van der Waals surface area contributed by atoms with Gasteiger partial charge in [0.1, 0.15) is 0 Å². The zero-order valence-electron chi connectivity index (χ0n) is 7.80. The highest BCUT2D eigenvalue weighted by Crippen LogP contribution is 2.31. The van der Waals surface area contributed by atoms with Gasteiger partial charge in [-0.3, -0.25) is 0 Å². The summed E-state index contributed by atoms with van der Waals surface area (Å²) in [4.78, 5) is 0. The van der Waals surface area contributed by atoms with Gasteiger partial charge in [0, 0.05) is 6.04 Å². The molecule has 0 aliphatic carbocycles. The first-order valence-corrected chi connectivity index (χ1v) is 4.60. The topological polar surface area (TPSA) is 64.1 Å². The monoisotopic (exact) mass is 177 g/mol. The van der Waals surface area contributed by atoms with E-state index in [9.17, 15) is 0 Å². The number of nitrogens with one attached hydrogen (secondary N) is 1. The summed E-state index contributed by atoms with van der Waals surface area (Å²) >= 11 is 0. The maximum Gasteiger partial charge on any atom is 0.0598 e. The van der Waals surface area contributed by atoms with Gasteiger partial charge in [-0.15, -0.1) is 0 Å². The van der Waals surface area contributed by atoms with E-state index in [0.717, 1.165) is 18.7 Å². The summed E-state index contributed by atoms with van der Waals surface area (Å²) < 4.78 is 0. The van der Waals surface area contributed by atoms with Crippen LogP contribution in [0.2, 0.25) is 0 Å². The van der Waals surface area contributed by atoms with E-state index < -0.39 is 0 Å². The SMILES string of the molecule is CC1NCCc2ccc(N)c(N)c21. The second-order valence-corrected chi connectivity index (χ2v) is 3.57. The van der Waals surface area contributed by atoms with E-state index >= 15 is 0 Å². The lowest BCUT2D eigenvalue weighted by Crippen LogP contribution is -2.28. The first-order chi connectivity index (χ1) is 6.20. The van der Waals surface area contributed by atoms with Gasteiger partial charge in [-0.1, -0.05) is 6.07 Å². The molecule has 5 N–H and O–H groups in total. The summed E-state index contributed by atoms with van der Waals surface area (Å²) in [6.07, 6.45) is 1.05. The molecular weight excluding hydrogens is 162 g/mol. The maximum atomic E-state index is 5.93. The first kappa shape index (κ1) is 8.38. The standard InChI is InChI=1S/C10H15N3/c1-6-9-7(4-5-13-6)2-3-8(11)10(9)12/h2-3,6,13H,4-5,11-12H2,1H3. The summed E-state index contributed by atoms with van der Waals surface area (Å²) in [5.74, 6) is 0. The molecule has 0 amide bonds. The van der Waals surface area contributed by atoms with Crippen LogP contribution in [0, 0.1) is 0 Å². The van der Waals surface area contributed by atoms with Crippen molar-refractivity contribution in [2.24, 2.45) is 0 Å². The molecule has 0 spiro atoms. The van der Waals surface area contributed by atoms with Crippen molar-refractivity contribution in [2.75, 3.05) is 18.0 Å². The Bertz CT molecular complexity index is 333. The number of hydrogen-bond acceptors (Lipinski definition) is 3. The number of anilines is 2. The Morgan fingerprint density at radius 2 is 2.15 bits per heavy atom. The number of nitrogens with two attached hydrogens (primary N) is 2. The van der Waals surface area contributed by atoms with Crippen LogP contribution in [0.1, 0.15) is 24.1 Å². The number of fused-ring (bicyclic) bond motifs is 1. The van der Waals surface area contributed by atoms with Crippen molar-refractivity contribution in [3.8, 4) is 0 Å². The molecule has 0 fully saturated rings. The maximum absolute atomic E-state index is 5.93. The van der Waals surface area contributed by atoms with Crippen LogP contribution in [0.25, 0.3) is 0 Å². The average molecular weight is 177 g/mol. The summed E-state index contributed by atoms with van der Waals surface area (Å²) in [5, 5.41) is 3.37. The molecule has 1 aromatic carbocycles. The summed E-state index contributed by atoms with van der Waals surface area (Å²) in [6.45, 7) is 3.14. The van der Waals surface area contributed by atoms with Crippen LogP contribution in [-0.4, -0.2) is 6.54 Å². The Hall–Kier alpha value is -1.22. The quantitative estimate of drug-likeness (QED) is 0.519. The molecule has 3 nitrogen and oxygen atoms in total. The third kappa shape index (κ3) is 1.25. The van der Waals surface area contributed by atoms with Crippen LogP contribution in [0.3, 0.4) is 0 Å². The van der Waals surface area contributed by atoms with Gasteiger partial charge in [0.05, 0.1) is 11.4 Å². The van der Waals surface area contributed by atoms with E-state index in [0.29, 0.717) is 11.7 Å². The third-order valence-electron chi connectivity index (χ3n) is 2.69. The molecule has 0 saturated heterocycles. The number of benzene rings is 1. The third-order valence-corrected chi connectivity index (χ3v) is 2.69. The van der Waals surface area contributed by atoms with Gasteiger partial charge in [0.25, 0.3) is 0 Å². The second kappa shape index (κ2) is 2.92. The molecule has 0 aromatic heterocycles. The van der Waals surface area contributed by atoms with Crippen molar-refractivity contribution in [1.82, 2.24) is 5.32 Å². The van der Waals surface area contributed by atoms with E-state index in [2.05, 4.69) is 18.3 Å². The van der Waals surface area contributed by atoms with Crippen molar-refractivity contribution >= 4 is 11.4 Å². The molecule has 2 rings (SSSR count). The smallest absolute Gasteiger partial charge is 0.0598 e. The van der Waals surface area contributed by atoms with Crippen LogP contribution < -0.4 is 16.8 Å². The fourth-order valence-corrected chi connectivity index (χ4v) is 1.95. The van der Waals surface area contributed by atoms with Gasteiger partial charge in [-0.05, 0) is 37.1 Å². The molecule has 3 heteroatoms. The van der Waals surface area contributed by atoms with Crippen molar-refractivity contribution < 1.29 is 0 Å². The molecule has 0 bridgehead atoms. The minimum Gasteiger partial charge on any atom is -0.397 e. The highest BCUT2D eigenvalue weighted by atomic mass is 14.9. The molecule has 70 valence electrons. The number of nitrogen functional groups attached to an aromatic ring is 2. The number of rotatable bonds is 0. The summed E-state index contributed by atoms with van der Waals surface area (Å²) in [6, 6.07) is 4.30. The summed E-state index contributed by atoms with van der Waals surface area (Å²) in [5.41, 5.74) is 15.6. The van der Waals surface area contributed by atoms with Gasteiger partial charge in [-0.2, -0.15) is 0 Å². The van der Waals surface area contributed by atoms with Crippen molar-refractivity contribution in [2.45, 2.75) is 19.4 Å². The van der Waals surface area contributed by atoms with E-state index in [4.69, 9.17) is 11.5 Å². The predicted molar refractivity (Wildman–Crippen MR) is 55.4 cm³/mol. The van der Waals surface area contributed by atoms with Gasteiger partial charge >= 0.3 is 0 Å². The number of hydrogen-bond donors (Lipinski definition) is 3.